The number of benzene rings is 1. The van der Waals surface area contributed by atoms with Crippen LogP contribution >= 0.6 is 0 Å². The van der Waals surface area contributed by atoms with E-state index in [1.54, 1.807) is 45.9 Å². The van der Waals surface area contributed by atoms with Crippen LogP contribution in [0.5, 0.6) is 5.75 Å². The van der Waals surface area contributed by atoms with Crippen LogP contribution in [0.1, 0.15) is 36.7 Å². The molecule has 0 saturated heterocycles. The van der Waals surface area contributed by atoms with Crippen molar-refractivity contribution >= 4 is 12.3 Å². The van der Waals surface area contributed by atoms with Crippen molar-refractivity contribution in [3.8, 4) is 5.75 Å². The zero-order chi connectivity index (χ0) is 13.9. The summed E-state index contributed by atoms with van der Waals surface area (Å²) >= 11 is 0. The van der Waals surface area contributed by atoms with E-state index >= 15 is 0 Å². The first-order valence-electron chi connectivity index (χ1n) is 5.71. The molecule has 1 aromatic carbocycles. The van der Waals surface area contributed by atoms with E-state index in [4.69, 9.17) is 4.74 Å². The monoisotopic (exact) mass is 250 g/mol. The maximum Gasteiger partial charge on any atom is 0.345 e. The summed E-state index contributed by atoms with van der Waals surface area (Å²) in [5, 5.41) is 9.18. The fourth-order valence-electron chi connectivity index (χ4n) is 1.60. The molecule has 0 aliphatic heterocycles. The summed E-state index contributed by atoms with van der Waals surface area (Å²) in [7, 11) is 0. The molecule has 1 N–H and O–H groups in total. The molecule has 0 spiro atoms. The van der Waals surface area contributed by atoms with Gasteiger partial charge >= 0.3 is 5.97 Å². The molecule has 18 heavy (non-hydrogen) atoms. The quantitative estimate of drug-likeness (QED) is 0.834. The third kappa shape index (κ3) is 3.32. The van der Waals surface area contributed by atoms with E-state index in [-0.39, 0.29) is 0 Å². The van der Waals surface area contributed by atoms with Crippen LogP contribution in [-0.2, 0) is 4.79 Å². The van der Waals surface area contributed by atoms with Crippen LogP contribution in [0, 0.1) is 12.3 Å². The minimum absolute atomic E-state index is 0.489. The van der Waals surface area contributed by atoms with E-state index < -0.39 is 17.5 Å². The zero-order valence-electron chi connectivity index (χ0n) is 11.1. The second-order valence-corrected chi connectivity index (χ2v) is 5.34. The third-order valence-electron chi connectivity index (χ3n) is 2.59. The van der Waals surface area contributed by atoms with Gasteiger partial charge in [0, 0.05) is 11.0 Å². The Kier molecular flexibility index (Phi) is 4.11. The van der Waals surface area contributed by atoms with Gasteiger partial charge in [-0.05, 0) is 30.7 Å². The first-order chi connectivity index (χ1) is 8.25. The van der Waals surface area contributed by atoms with Gasteiger partial charge in [0.15, 0.2) is 6.10 Å². The van der Waals surface area contributed by atoms with E-state index in [1.165, 1.54) is 0 Å². The minimum atomic E-state index is -0.999. The first kappa shape index (κ1) is 14.2. The van der Waals surface area contributed by atoms with Gasteiger partial charge in [-0.1, -0.05) is 20.8 Å². The van der Waals surface area contributed by atoms with Crippen molar-refractivity contribution in [1.82, 2.24) is 0 Å². The van der Waals surface area contributed by atoms with Crippen molar-refractivity contribution in [2.45, 2.75) is 33.8 Å². The highest BCUT2D eigenvalue weighted by Gasteiger charge is 2.33. The SMILES string of the molecule is Cc1cc(C=O)ccc1OC(C(=O)O)C(C)(C)C. The second kappa shape index (κ2) is 5.21. The Labute approximate surface area is 107 Å². The number of aliphatic carboxylic acids is 1. The van der Waals surface area contributed by atoms with Gasteiger partial charge in [0.1, 0.15) is 12.0 Å². The first-order valence-corrected chi connectivity index (χ1v) is 5.71. The minimum Gasteiger partial charge on any atom is -0.478 e. The number of aryl methyl sites for hydroxylation is 1. The normalized spacial score (nSPS) is 12.9. The van der Waals surface area contributed by atoms with E-state index in [1.807, 2.05) is 0 Å². The van der Waals surface area contributed by atoms with Crippen LogP contribution < -0.4 is 4.74 Å². The molecule has 4 nitrogen and oxygen atoms in total. The number of carbonyl (C=O) groups is 2. The lowest BCUT2D eigenvalue weighted by Gasteiger charge is -2.28. The van der Waals surface area contributed by atoms with Gasteiger partial charge in [-0.15, -0.1) is 0 Å². The Bertz CT molecular complexity index is 457. The molecule has 0 aliphatic rings. The van der Waals surface area contributed by atoms with E-state index in [0.717, 1.165) is 11.8 Å². The molecule has 0 heterocycles. The number of carboxylic acids is 1. The number of carboxylic acid groups (broad SMARTS) is 1. The molecule has 0 aliphatic carbocycles. The smallest absolute Gasteiger partial charge is 0.345 e. The molecule has 0 fully saturated rings. The van der Waals surface area contributed by atoms with Crippen molar-refractivity contribution in [2.75, 3.05) is 0 Å². The predicted octanol–water partition coefficient (Wildman–Crippen LogP) is 2.69. The molecular weight excluding hydrogens is 232 g/mol. The van der Waals surface area contributed by atoms with Gasteiger partial charge in [0.05, 0.1) is 0 Å². The number of aldehydes is 1. The van der Waals surface area contributed by atoms with E-state index in [9.17, 15) is 14.7 Å². The Morgan fingerprint density at radius 3 is 2.39 bits per heavy atom. The molecule has 0 radical (unpaired) electrons. The van der Waals surface area contributed by atoms with Crippen LogP contribution in [0.3, 0.4) is 0 Å². The van der Waals surface area contributed by atoms with Gasteiger partial charge in [0.2, 0.25) is 0 Å². The third-order valence-corrected chi connectivity index (χ3v) is 2.59. The predicted molar refractivity (Wildman–Crippen MR) is 68.1 cm³/mol. The van der Waals surface area contributed by atoms with Crippen LogP contribution in [0.4, 0.5) is 0 Å². The Morgan fingerprint density at radius 2 is 2.00 bits per heavy atom. The van der Waals surface area contributed by atoms with Crippen molar-refractivity contribution in [1.29, 1.82) is 0 Å². The summed E-state index contributed by atoms with van der Waals surface area (Å²) < 4.78 is 5.56. The summed E-state index contributed by atoms with van der Waals surface area (Å²) in [6.07, 6.45) is -0.187. The highest BCUT2D eigenvalue weighted by atomic mass is 16.5. The average Bonchev–Trinajstić information content (AvgIpc) is 2.24. The Morgan fingerprint density at radius 1 is 1.39 bits per heavy atom. The molecule has 1 rings (SSSR count). The number of rotatable bonds is 4. The van der Waals surface area contributed by atoms with Gasteiger partial charge in [0.25, 0.3) is 0 Å². The fourth-order valence-corrected chi connectivity index (χ4v) is 1.60. The van der Waals surface area contributed by atoms with Gasteiger partial charge in [-0.25, -0.2) is 4.79 Å². The lowest BCUT2D eigenvalue weighted by atomic mass is 9.89. The molecule has 0 amide bonds. The Hall–Kier alpha value is -1.84. The number of hydrogen-bond acceptors (Lipinski definition) is 3. The van der Waals surface area contributed by atoms with Crippen molar-refractivity contribution in [2.24, 2.45) is 5.41 Å². The largest absolute Gasteiger partial charge is 0.478 e. The van der Waals surface area contributed by atoms with Crippen molar-refractivity contribution in [3.05, 3.63) is 29.3 Å². The van der Waals surface area contributed by atoms with Gasteiger partial charge in [-0.3, -0.25) is 4.79 Å². The molecule has 0 aromatic heterocycles. The van der Waals surface area contributed by atoms with Crippen LogP contribution in [0.2, 0.25) is 0 Å². The summed E-state index contributed by atoms with van der Waals surface area (Å²) in [4.78, 5) is 21.8. The summed E-state index contributed by atoms with van der Waals surface area (Å²) in [5.74, 6) is -0.510. The number of hydrogen-bond donors (Lipinski definition) is 1. The topological polar surface area (TPSA) is 63.6 Å². The maximum absolute atomic E-state index is 11.2. The van der Waals surface area contributed by atoms with Crippen molar-refractivity contribution in [3.63, 3.8) is 0 Å². The van der Waals surface area contributed by atoms with Crippen molar-refractivity contribution < 1.29 is 19.4 Å². The maximum atomic E-state index is 11.2. The zero-order valence-corrected chi connectivity index (χ0v) is 11.1. The second-order valence-electron chi connectivity index (χ2n) is 5.34. The summed E-state index contributed by atoms with van der Waals surface area (Å²) in [6.45, 7) is 7.20. The number of ether oxygens (including phenoxy) is 1. The average molecular weight is 250 g/mol. The molecule has 0 bridgehead atoms. The highest BCUT2D eigenvalue weighted by Crippen LogP contribution is 2.27. The molecule has 4 heteroatoms. The van der Waals surface area contributed by atoms with Crippen LogP contribution in [0.15, 0.2) is 18.2 Å². The molecule has 1 atom stereocenters. The van der Waals surface area contributed by atoms with E-state index in [0.29, 0.717) is 11.3 Å². The Balaban J connectivity index is 3.02. The molecule has 1 unspecified atom stereocenters. The van der Waals surface area contributed by atoms with Gasteiger partial charge < -0.3 is 9.84 Å². The molecule has 0 saturated carbocycles. The van der Waals surface area contributed by atoms with E-state index in [2.05, 4.69) is 0 Å². The molecule has 1 aromatic rings. The van der Waals surface area contributed by atoms with Crippen LogP contribution in [0.25, 0.3) is 0 Å². The summed E-state index contributed by atoms with van der Waals surface area (Å²) in [6, 6.07) is 4.90. The van der Waals surface area contributed by atoms with Gasteiger partial charge in [-0.2, -0.15) is 0 Å². The standard InChI is InChI=1S/C14H18O4/c1-9-7-10(8-15)5-6-11(9)18-12(13(16)17)14(2,3)4/h5-8,12H,1-4H3,(H,16,17). The molecule has 98 valence electrons. The lowest BCUT2D eigenvalue weighted by Crippen LogP contribution is -2.39. The summed E-state index contributed by atoms with van der Waals surface area (Å²) in [5.41, 5.74) is 0.777. The van der Waals surface area contributed by atoms with Crippen LogP contribution in [-0.4, -0.2) is 23.5 Å². The highest BCUT2D eigenvalue weighted by molar-refractivity contribution is 5.76. The fraction of sp³-hybridized carbons (Fsp3) is 0.429. The number of carbonyl (C=O) groups excluding carboxylic acids is 1. The molecular formula is C14H18O4. The lowest BCUT2D eigenvalue weighted by molar-refractivity contribution is -0.150.